The first-order chi connectivity index (χ1) is 17.6. The Balaban J connectivity index is 1.36. The lowest BCUT2D eigenvalue weighted by atomic mass is 10.00. The highest BCUT2D eigenvalue weighted by molar-refractivity contribution is 8.00. The van der Waals surface area contributed by atoms with Crippen molar-refractivity contribution in [3.63, 3.8) is 0 Å². The van der Waals surface area contributed by atoms with Gasteiger partial charge in [0.25, 0.3) is 5.91 Å². The zero-order valence-corrected chi connectivity index (χ0v) is 21.4. The Morgan fingerprint density at radius 3 is 2.28 bits per heavy atom. The molecule has 0 bridgehead atoms. The van der Waals surface area contributed by atoms with E-state index < -0.39 is 18.1 Å². The van der Waals surface area contributed by atoms with E-state index in [0.717, 1.165) is 21.6 Å². The van der Waals surface area contributed by atoms with Crippen LogP contribution in [0.1, 0.15) is 35.5 Å². The van der Waals surface area contributed by atoms with E-state index in [1.807, 2.05) is 85.1 Å². The van der Waals surface area contributed by atoms with Crippen LogP contribution in [0.5, 0.6) is 0 Å². The summed E-state index contributed by atoms with van der Waals surface area (Å²) in [6.07, 6.45) is 0.265. The second-order valence-electron chi connectivity index (χ2n) is 8.62. The van der Waals surface area contributed by atoms with Crippen LogP contribution in [0, 0.1) is 0 Å². The van der Waals surface area contributed by atoms with Gasteiger partial charge in [0.2, 0.25) is 5.91 Å². The fourth-order valence-corrected chi connectivity index (χ4v) is 6.64. The molecule has 36 heavy (non-hydrogen) atoms. The summed E-state index contributed by atoms with van der Waals surface area (Å²) >= 11 is 3.07. The van der Waals surface area contributed by atoms with Crippen LogP contribution >= 0.6 is 23.1 Å². The number of hydrogen-bond acceptors (Lipinski definition) is 6. The first-order valence-electron chi connectivity index (χ1n) is 11.9. The van der Waals surface area contributed by atoms with E-state index in [2.05, 4.69) is 5.32 Å². The number of amides is 2. The van der Waals surface area contributed by atoms with E-state index in [4.69, 9.17) is 4.74 Å². The molecule has 2 aliphatic heterocycles. The monoisotopic (exact) mass is 518 g/mol. The molecule has 0 aliphatic carbocycles. The molecule has 3 heterocycles. The molecule has 1 unspecified atom stereocenters. The number of hydrogen-bond donors (Lipinski definition) is 1. The van der Waals surface area contributed by atoms with Gasteiger partial charge in [-0.15, -0.1) is 23.1 Å². The molecule has 2 atom stereocenters. The van der Waals surface area contributed by atoms with Crippen LogP contribution in [0.3, 0.4) is 0 Å². The van der Waals surface area contributed by atoms with Gasteiger partial charge in [0.05, 0.1) is 6.42 Å². The normalized spacial score (nSPS) is 19.1. The largest absolute Gasteiger partial charge is 0.448 e. The van der Waals surface area contributed by atoms with Crippen molar-refractivity contribution < 1.29 is 19.1 Å². The first-order valence-corrected chi connectivity index (χ1v) is 13.8. The number of nitrogens with zero attached hydrogens (tertiary/aromatic N) is 1. The van der Waals surface area contributed by atoms with E-state index >= 15 is 0 Å². The fourth-order valence-electron chi connectivity index (χ4n) is 4.49. The standard InChI is InChI=1S/C28H26N2O4S2/c1-2-18-17-36-27-23(29-22(31)16-21-14-9-15-35-21)26(32)30(27)24(18)28(33)34-25(19-10-5-3-6-11-19)20-12-7-4-8-13-20/h3-15,23,25,27H,2,16-17H2,1H3,(H,29,31)/t23?,27-/m1/s1. The lowest BCUT2D eigenvalue weighted by molar-refractivity contribution is -0.154. The number of benzene rings is 2. The smallest absolute Gasteiger partial charge is 0.356 e. The SMILES string of the molecule is CCC1=C(C(=O)OC(c2ccccc2)c2ccccc2)N2C(=O)C(NC(=O)Cc3cccs3)[C@H]2SC1. The number of nitrogens with one attached hydrogen (secondary N) is 1. The summed E-state index contributed by atoms with van der Waals surface area (Å²) < 4.78 is 6.10. The number of thiophene rings is 1. The van der Waals surface area contributed by atoms with Crippen LogP contribution in [0.2, 0.25) is 0 Å². The van der Waals surface area contributed by atoms with Crippen molar-refractivity contribution in [3.8, 4) is 0 Å². The van der Waals surface area contributed by atoms with Gasteiger partial charge in [-0.2, -0.15) is 0 Å². The van der Waals surface area contributed by atoms with Crippen LogP contribution in [-0.2, 0) is 25.5 Å². The molecular formula is C28H26N2O4S2. The summed E-state index contributed by atoms with van der Waals surface area (Å²) in [5, 5.41) is 4.46. The molecule has 5 rings (SSSR count). The second-order valence-corrected chi connectivity index (χ2v) is 10.8. The summed E-state index contributed by atoms with van der Waals surface area (Å²) in [6, 6.07) is 22.3. The molecule has 1 saturated heterocycles. The van der Waals surface area contributed by atoms with Gasteiger partial charge in [-0.25, -0.2) is 4.79 Å². The minimum atomic E-state index is -0.650. The number of carbonyl (C=O) groups excluding carboxylic acids is 3. The Morgan fingerprint density at radius 2 is 1.69 bits per heavy atom. The maximum atomic E-state index is 13.6. The third-order valence-corrected chi connectivity index (χ3v) is 8.54. The molecule has 8 heteroatoms. The summed E-state index contributed by atoms with van der Waals surface area (Å²) in [7, 11) is 0. The molecule has 0 spiro atoms. The quantitative estimate of drug-likeness (QED) is 0.346. The predicted octanol–water partition coefficient (Wildman–Crippen LogP) is 4.69. The van der Waals surface area contributed by atoms with Gasteiger partial charge in [-0.05, 0) is 34.6 Å². The van der Waals surface area contributed by atoms with Gasteiger partial charge in [-0.3, -0.25) is 14.5 Å². The van der Waals surface area contributed by atoms with Crippen LogP contribution in [-0.4, -0.2) is 39.9 Å². The zero-order valence-electron chi connectivity index (χ0n) is 19.8. The number of β-lactam (4-membered cyclic amide) rings is 1. The highest BCUT2D eigenvalue weighted by Crippen LogP contribution is 2.42. The lowest BCUT2D eigenvalue weighted by Crippen LogP contribution is -2.70. The van der Waals surface area contributed by atoms with Crippen LogP contribution in [0.4, 0.5) is 0 Å². The van der Waals surface area contributed by atoms with E-state index in [-0.39, 0.29) is 23.6 Å². The van der Waals surface area contributed by atoms with Crippen LogP contribution < -0.4 is 5.32 Å². The molecule has 2 aromatic carbocycles. The number of thioether (sulfide) groups is 1. The minimum Gasteiger partial charge on any atom is -0.448 e. The van der Waals surface area contributed by atoms with Gasteiger partial charge < -0.3 is 10.1 Å². The Morgan fingerprint density at radius 1 is 1.03 bits per heavy atom. The predicted molar refractivity (Wildman–Crippen MR) is 141 cm³/mol. The third kappa shape index (κ3) is 4.83. The summed E-state index contributed by atoms with van der Waals surface area (Å²) in [6.45, 7) is 1.97. The Hall–Kier alpha value is -3.36. The number of esters is 1. The van der Waals surface area contributed by atoms with Crippen molar-refractivity contribution in [1.29, 1.82) is 0 Å². The molecule has 0 saturated carbocycles. The van der Waals surface area contributed by atoms with Gasteiger partial charge >= 0.3 is 5.97 Å². The van der Waals surface area contributed by atoms with Crippen LogP contribution in [0.15, 0.2) is 89.4 Å². The van der Waals surface area contributed by atoms with Crippen molar-refractivity contribution in [2.45, 2.75) is 37.3 Å². The zero-order chi connectivity index (χ0) is 25.1. The van der Waals surface area contributed by atoms with Gasteiger partial charge in [-0.1, -0.05) is 73.7 Å². The van der Waals surface area contributed by atoms with Gasteiger partial charge in [0.1, 0.15) is 17.1 Å². The Bertz CT molecular complexity index is 1240. The van der Waals surface area contributed by atoms with Gasteiger partial charge in [0.15, 0.2) is 6.10 Å². The van der Waals surface area contributed by atoms with Crippen LogP contribution in [0.25, 0.3) is 0 Å². The van der Waals surface area contributed by atoms with E-state index in [0.29, 0.717) is 17.9 Å². The van der Waals surface area contributed by atoms with Crippen molar-refractivity contribution >= 4 is 40.9 Å². The maximum Gasteiger partial charge on any atom is 0.356 e. The average molecular weight is 519 g/mol. The number of carbonyl (C=O) groups is 3. The maximum absolute atomic E-state index is 13.6. The Labute approximate surface area is 218 Å². The average Bonchev–Trinajstić information content (AvgIpc) is 3.43. The summed E-state index contributed by atoms with van der Waals surface area (Å²) in [5.74, 6) is -0.389. The minimum absolute atomic E-state index is 0.196. The molecule has 6 nitrogen and oxygen atoms in total. The summed E-state index contributed by atoms with van der Waals surface area (Å²) in [4.78, 5) is 41.8. The topological polar surface area (TPSA) is 75.7 Å². The molecule has 184 valence electrons. The molecule has 2 amide bonds. The molecule has 3 aromatic rings. The van der Waals surface area contributed by atoms with Crippen molar-refractivity contribution in [1.82, 2.24) is 10.2 Å². The molecule has 2 aliphatic rings. The summed E-state index contributed by atoms with van der Waals surface area (Å²) in [5.41, 5.74) is 2.89. The highest BCUT2D eigenvalue weighted by Gasteiger charge is 2.54. The molecule has 0 radical (unpaired) electrons. The van der Waals surface area contributed by atoms with E-state index in [9.17, 15) is 14.4 Å². The Kier molecular flexibility index (Phi) is 7.25. The molecule has 1 fully saturated rings. The van der Waals surface area contributed by atoms with Crippen molar-refractivity contribution in [2.75, 3.05) is 5.75 Å². The van der Waals surface area contributed by atoms with E-state index in [1.165, 1.54) is 16.2 Å². The number of rotatable bonds is 8. The highest BCUT2D eigenvalue weighted by atomic mass is 32.2. The fraction of sp³-hybridized carbons (Fsp3) is 0.250. The molecule has 1 aromatic heterocycles. The lowest BCUT2D eigenvalue weighted by Gasteiger charge is -2.49. The number of fused-ring (bicyclic) bond motifs is 1. The van der Waals surface area contributed by atoms with Crippen molar-refractivity contribution in [3.05, 3.63) is 105 Å². The van der Waals surface area contributed by atoms with Gasteiger partial charge in [0, 0.05) is 10.6 Å². The third-order valence-electron chi connectivity index (χ3n) is 6.33. The number of ether oxygens (including phenoxy) is 1. The van der Waals surface area contributed by atoms with Crippen molar-refractivity contribution in [2.24, 2.45) is 0 Å². The molecule has 1 N–H and O–H groups in total. The molecular weight excluding hydrogens is 492 g/mol. The second kappa shape index (κ2) is 10.7. The van der Waals surface area contributed by atoms with E-state index in [1.54, 1.807) is 11.8 Å². The first kappa shape index (κ1) is 24.3.